The molecule has 0 amide bonds. The molecule has 0 heterocycles. The van der Waals surface area contributed by atoms with Crippen molar-refractivity contribution >= 4 is 24.0 Å². The number of esters is 3. The first-order valence-corrected chi connectivity index (χ1v) is 15.9. The van der Waals surface area contributed by atoms with E-state index in [9.17, 15) is 14.4 Å². The predicted octanol–water partition coefficient (Wildman–Crippen LogP) is 8.85. The van der Waals surface area contributed by atoms with Gasteiger partial charge in [0.2, 0.25) is 0 Å². The summed E-state index contributed by atoms with van der Waals surface area (Å²) in [6, 6.07) is 22.1. The van der Waals surface area contributed by atoms with E-state index in [-0.39, 0.29) is 11.9 Å². The van der Waals surface area contributed by atoms with Crippen LogP contribution in [0, 0.1) is 5.41 Å². The minimum atomic E-state index is -0.443. The molecule has 0 aliphatic rings. The van der Waals surface area contributed by atoms with Crippen LogP contribution in [0.5, 0.6) is 11.5 Å². The summed E-state index contributed by atoms with van der Waals surface area (Å²) in [5.74, 6) is 0.232. The van der Waals surface area contributed by atoms with Crippen molar-refractivity contribution in [2.24, 2.45) is 5.41 Å². The fourth-order valence-corrected chi connectivity index (χ4v) is 4.14. The Balaban J connectivity index is 1.37. The Morgan fingerprint density at radius 3 is 1.87 bits per heavy atom. The largest absolute Gasteiger partial charge is 0.494 e. The molecule has 3 rings (SSSR count). The highest BCUT2D eigenvalue weighted by atomic mass is 16.5. The van der Waals surface area contributed by atoms with Crippen molar-refractivity contribution in [1.29, 1.82) is 0 Å². The number of ether oxygens (including phenoxy) is 4. The summed E-state index contributed by atoms with van der Waals surface area (Å²) in [5.41, 5.74) is 2.89. The highest BCUT2D eigenvalue weighted by molar-refractivity contribution is 5.91. The van der Waals surface area contributed by atoms with E-state index in [1.54, 1.807) is 42.5 Å². The number of carbonyl (C=O) groups is 3. The van der Waals surface area contributed by atoms with Crippen LogP contribution in [0.15, 0.2) is 78.9 Å². The first-order chi connectivity index (χ1) is 21.7. The Hall–Kier alpha value is -4.39. The zero-order valence-electron chi connectivity index (χ0n) is 27.0. The number of carbonyl (C=O) groups excluding carboxylic acids is 3. The molecule has 0 aliphatic carbocycles. The fraction of sp³-hybridized carbons (Fsp3) is 0.395. The second-order valence-electron chi connectivity index (χ2n) is 11.6. The molecule has 0 bridgehead atoms. The molecule has 7 nitrogen and oxygen atoms in total. The van der Waals surface area contributed by atoms with Crippen molar-refractivity contribution in [3.8, 4) is 22.6 Å². The molecule has 240 valence electrons. The zero-order chi connectivity index (χ0) is 32.5. The topological polar surface area (TPSA) is 88.1 Å². The second kappa shape index (κ2) is 18.4. The molecule has 0 fully saturated rings. The van der Waals surface area contributed by atoms with Crippen molar-refractivity contribution in [3.05, 3.63) is 90.0 Å². The zero-order valence-corrected chi connectivity index (χ0v) is 27.0. The Kier molecular flexibility index (Phi) is 14.4. The Morgan fingerprint density at radius 1 is 0.667 bits per heavy atom. The molecular weight excluding hydrogens is 568 g/mol. The van der Waals surface area contributed by atoms with Gasteiger partial charge in [-0.25, -0.2) is 9.59 Å². The predicted molar refractivity (Wildman–Crippen MR) is 177 cm³/mol. The molecule has 0 aromatic heterocycles. The van der Waals surface area contributed by atoms with Gasteiger partial charge in [0.05, 0.1) is 30.8 Å². The quantitative estimate of drug-likeness (QED) is 0.0612. The van der Waals surface area contributed by atoms with Gasteiger partial charge in [-0.1, -0.05) is 56.7 Å². The van der Waals surface area contributed by atoms with Crippen LogP contribution in [0.4, 0.5) is 0 Å². The van der Waals surface area contributed by atoms with Crippen LogP contribution in [0.1, 0.15) is 88.6 Å². The SMILES string of the molecule is CCCCOC(=O)/C=C/c1ccc(-c2ccc(OC(=O)c3ccc(OCCCCCCOC(=O)C(C)(C)CC)cc3)cc2)cc1. The lowest BCUT2D eigenvalue weighted by Gasteiger charge is -2.20. The van der Waals surface area contributed by atoms with Gasteiger partial charge >= 0.3 is 17.9 Å². The summed E-state index contributed by atoms with van der Waals surface area (Å²) in [6.07, 6.45) is 9.47. The summed E-state index contributed by atoms with van der Waals surface area (Å²) in [4.78, 5) is 36.4. The van der Waals surface area contributed by atoms with E-state index in [2.05, 4.69) is 0 Å². The van der Waals surface area contributed by atoms with Gasteiger partial charge in [-0.3, -0.25) is 4.79 Å². The van der Waals surface area contributed by atoms with E-state index in [1.165, 1.54) is 6.08 Å². The summed E-state index contributed by atoms with van der Waals surface area (Å²) in [7, 11) is 0. The van der Waals surface area contributed by atoms with Crippen LogP contribution in [-0.2, 0) is 19.1 Å². The second-order valence-corrected chi connectivity index (χ2v) is 11.6. The fourth-order valence-electron chi connectivity index (χ4n) is 4.14. The summed E-state index contributed by atoms with van der Waals surface area (Å²) >= 11 is 0. The third kappa shape index (κ3) is 12.3. The highest BCUT2D eigenvalue weighted by Gasteiger charge is 2.26. The normalized spacial score (nSPS) is 11.3. The minimum Gasteiger partial charge on any atom is -0.494 e. The van der Waals surface area contributed by atoms with Gasteiger partial charge < -0.3 is 18.9 Å². The maximum Gasteiger partial charge on any atom is 0.343 e. The Labute approximate surface area is 267 Å². The van der Waals surface area contributed by atoms with Gasteiger partial charge in [0, 0.05) is 6.08 Å². The Bertz CT molecular complexity index is 1370. The van der Waals surface area contributed by atoms with Crippen LogP contribution >= 0.6 is 0 Å². The summed E-state index contributed by atoms with van der Waals surface area (Å²) in [6.45, 7) is 9.32. The summed E-state index contributed by atoms with van der Waals surface area (Å²) in [5, 5.41) is 0. The van der Waals surface area contributed by atoms with Crippen LogP contribution < -0.4 is 9.47 Å². The molecule has 0 radical (unpaired) electrons. The Morgan fingerprint density at radius 2 is 1.24 bits per heavy atom. The maximum absolute atomic E-state index is 12.7. The third-order valence-corrected chi connectivity index (χ3v) is 7.53. The third-order valence-electron chi connectivity index (χ3n) is 7.53. The molecule has 0 saturated heterocycles. The van der Waals surface area contributed by atoms with Crippen molar-refractivity contribution in [2.45, 2.75) is 72.6 Å². The van der Waals surface area contributed by atoms with E-state index in [0.717, 1.165) is 61.6 Å². The molecule has 0 atom stereocenters. The molecule has 7 heteroatoms. The first-order valence-electron chi connectivity index (χ1n) is 15.9. The average Bonchev–Trinajstić information content (AvgIpc) is 3.05. The molecule has 0 unspecified atom stereocenters. The number of rotatable bonds is 18. The highest BCUT2D eigenvalue weighted by Crippen LogP contribution is 2.24. The molecule has 0 N–H and O–H groups in total. The first kappa shape index (κ1) is 35.1. The van der Waals surface area contributed by atoms with Gasteiger partial charge in [-0.05, 0) is 112 Å². The number of hydrogen-bond donors (Lipinski definition) is 0. The number of unbranched alkanes of at least 4 members (excludes halogenated alkanes) is 4. The maximum atomic E-state index is 12.7. The van der Waals surface area contributed by atoms with E-state index in [4.69, 9.17) is 18.9 Å². The van der Waals surface area contributed by atoms with E-state index < -0.39 is 11.4 Å². The van der Waals surface area contributed by atoms with E-state index in [1.807, 2.05) is 64.1 Å². The molecular formula is C38H46O7. The van der Waals surface area contributed by atoms with Crippen molar-refractivity contribution in [1.82, 2.24) is 0 Å². The smallest absolute Gasteiger partial charge is 0.343 e. The van der Waals surface area contributed by atoms with Crippen molar-refractivity contribution < 1.29 is 33.3 Å². The van der Waals surface area contributed by atoms with Crippen molar-refractivity contribution in [2.75, 3.05) is 19.8 Å². The van der Waals surface area contributed by atoms with Crippen LogP contribution in [-0.4, -0.2) is 37.7 Å². The summed E-state index contributed by atoms with van der Waals surface area (Å²) < 4.78 is 21.9. The van der Waals surface area contributed by atoms with E-state index >= 15 is 0 Å². The number of hydrogen-bond acceptors (Lipinski definition) is 7. The lowest BCUT2D eigenvalue weighted by atomic mass is 9.91. The molecule has 0 saturated carbocycles. The van der Waals surface area contributed by atoms with Gasteiger partial charge in [0.15, 0.2) is 0 Å². The lowest BCUT2D eigenvalue weighted by molar-refractivity contribution is -0.154. The molecule has 0 spiro atoms. The minimum absolute atomic E-state index is 0.134. The molecule has 3 aromatic carbocycles. The van der Waals surface area contributed by atoms with Gasteiger partial charge in [0.1, 0.15) is 11.5 Å². The molecule has 3 aromatic rings. The van der Waals surface area contributed by atoms with Gasteiger partial charge in [-0.15, -0.1) is 0 Å². The van der Waals surface area contributed by atoms with Crippen LogP contribution in [0.25, 0.3) is 17.2 Å². The molecule has 0 aliphatic heterocycles. The monoisotopic (exact) mass is 614 g/mol. The van der Waals surface area contributed by atoms with E-state index in [0.29, 0.717) is 36.9 Å². The molecule has 45 heavy (non-hydrogen) atoms. The van der Waals surface area contributed by atoms with Crippen molar-refractivity contribution in [3.63, 3.8) is 0 Å². The van der Waals surface area contributed by atoms with Crippen LogP contribution in [0.3, 0.4) is 0 Å². The van der Waals surface area contributed by atoms with Gasteiger partial charge in [-0.2, -0.15) is 0 Å². The lowest BCUT2D eigenvalue weighted by Crippen LogP contribution is -2.26. The average molecular weight is 615 g/mol. The standard InChI is InChI=1S/C38H46O7/c1-5-7-26-43-35(39)25-14-29-12-15-30(16-13-29)31-17-23-34(24-18-31)45-36(40)32-19-21-33(22-20-32)42-27-10-8-9-11-28-44-37(41)38(3,4)6-2/h12-25H,5-11,26-28H2,1-4H3/b25-14+. The van der Waals surface area contributed by atoms with Gasteiger partial charge in [0.25, 0.3) is 0 Å². The number of benzene rings is 3. The van der Waals surface area contributed by atoms with Crippen LogP contribution in [0.2, 0.25) is 0 Å².